The molecule has 0 aliphatic carbocycles. The van der Waals surface area contributed by atoms with Crippen molar-refractivity contribution in [2.45, 2.75) is 32.6 Å². The lowest BCUT2D eigenvalue weighted by Gasteiger charge is -2.06. The van der Waals surface area contributed by atoms with E-state index in [2.05, 4.69) is 6.92 Å². The quantitative estimate of drug-likeness (QED) is 0.530. The molecular weight excluding hydrogens is 224 g/mol. The fraction of sp³-hybridized carbons (Fsp3) is 0.462. The van der Waals surface area contributed by atoms with Gasteiger partial charge in [0.25, 0.3) is 0 Å². The number of carbonyl (C=O) groups excluding carboxylic acids is 1. The maximum atomic E-state index is 10.5. The van der Waals surface area contributed by atoms with Crippen LogP contribution in [-0.4, -0.2) is 12.9 Å². The smallest absolute Gasteiger partial charge is 0.151 e. The lowest BCUT2D eigenvalue weighted by atomic mass is 10.2. The van der Waals surface area contributed by atoms with Crippen LogP contribution in [0.25, 0.3) is 0 Å². The first kappa shape index (κ1) is 13.0. The Morgan fingerprint density at radius 2 is 2.12 bits per heavy atom. The number of unbranched alkanes of at least 4 members (excludes halogenated alkanes) is 3. The molecule has 0 saturated carbocycles. The first-order valence-electron chi connectivity index (χ1n) is 5.65. The molecular formula is C13H17ClO2. The van der Waals surface area contributed by atoms with E-state index in [0.29, 0.717) is 17.2 Å². The number of benzene rings is 1. The number of carbonyl (C=O) groups is 1. The van der Waals surface area contributed by atoms with Crippen LogP contribution in [0.1, 0.15) is 43.0 Å². The molecule has 0 N–H and O–H groups in total. The SMILES string of the molecule is CCCCCCOc1ccc(C=O)c(Cl)c1. The monoisotopic (exact) mass is 240 g/mol. The zero-order chi connectivity index (χ0) is 11.8. The van der Waals surface area contributed by atoms with E-state index in [0.717, 1.165) is 18.5 Å². The fourth-order valence-electron chi connectivity index (χ4n) is 1.41. The van der Waals surface area contributed by atoms with E-state index in [1.165, 1.54) is 19.3 Å². The molecule has 0 radical (unpaired) electrons. The Hall–Kier alpha value is -1.02. The maximum absolute atomic E-state index is 10.5. The van der Waals surface area contributed by atoms with E-state index in [1.54, 1.807) is 18.2 Å². The van der Waals surface area contributed by atoms with Crippen LogP contribution in [0.4, 0.5) is 0 Å². The van der Waals surface area contributed by atoms with Gasteiger partial charge in [0.2, 0.25) is 0 Å². The Morgan fingerprint density at radius 3 is 2.75 bits per heavy atom. The second kappa shape index (κ2) is 7.29. The van der Waals surface area contributed by atoms with Gasteiger partial charge >= 0.3 is 0 Å². The molecule has 0 unspecified atom stereocenters. The summed E-state index contributed by atoms with van der Waals surface area (Å²) in [5.41, 5.74) is 0.500. The molecule has 0 spiro atoms. The molecule has 1 aromatic rings. The van der Waals surface area contributed by atoms with Gasteiger partial charge in [-0.3, -0.25) is 4.79 Å². The summed E-state index contributed by atoms with van der Waals surface area (Å²) in [6.07, 6.45) is 5.46. The van der Waals surface area contributed by atoms with E-state index < -0.39 is 0 Å². The summed E-state index contributed by atoms with van der Waals surface area (Å²) >= 11 is 5.88. The first-order chi connectivity index (χ1) is 7.77. The zero-order valence-corrected chi connectivity index (χ0v) is 10.3. The molecule has 0 aliphatic heterocycles. The lowest BCUT2D eigenvalue weighted by molar-refractivity contribution is 0.112. The van der Waals surface area contributed by atoms with Crippen LogP contribution in [0.2, 0.25) is 5.02 Å². The molecule has 0 atom stereocenters. The third-order valence-electron chi connectivity index (χ3n) is 2.37. The van der Waals surface area contributed by atoms with E-state index in [9.17, 15) is 4.79 Å². The van der Waals surface area contributed by atoms with Gasteiger partial charge in [-0.15, -0.1) is 0 Å². The van der Waals surface area contributed by atoms with Crippen LogP contribution < -0.4 is 4.74 Å². The zero-order valence-electron chi connectivity index (χ0n) is 9.54. The number of rotatable bonds is 7. The number of hydrogen-bond donors (Lipinski definition) is 0. The van der Waals surface area contributed by atoms with Gasteiger partial charge in [0.15, 0.2) is 6.29 Å². The second-order valence-electron chi connectivity index (χ2n) is 3.71. The minimum Gasteiger partial charge on any atom is -0.494 e. The van der Waals surface area contributed by atoms with Gasteiger partial charge in [-0.05, 0) is 24.6 Å². The Balaban J connectivity index is 2.37. The minimum absolute atomic E-state index is 0.445. The molecule has 3 heteroatoms. The third kappa shape index (κ3) is 4.23. The van der Waals surface area contributed by atoms with Gasteiger partial charge in [-0.2, -0.15) is 0 Å². The van der Waals surface area contributed by atoms with E-state index in [-0.39, 0.29) is 0 Å². The number of ether oxygens (including phenoxy) is 1. The number of halogens is 1. The predicted molar refractivity (Wildman–Crippen MR) is 66.5 cm³/mol. The van der Waals surface area contributed by atoms with Gasteiger partial charge in [-0.25, -0.2) is 0 Å². The van der Waals surface area contributed by atoms with Crippen molar-refractivity contribution in [3.63, 3.8) is 0 Å². The first-order valence-corrected chi connectivity index (χ1v) is 6.03. The summed E-state index contributed by atoms with van der Waals surface area (Å²) in [6, 6.07) is 5.14. The van der Waals surface area contributed by atoms with Gasteiger partial charge in [0.05, 0.1) is 11.6 Å². The molecule has 0 bridgehead atoms. The highest BCUT2D eigenvalue weighted by Crippen LogP contribution is 2.21. The van der Waals surface area contributed by atoms with Crippen LogP contribution >= 0.6 is 11.6 Å². The summed E-state index contributed by atoms with van der Waals surface area (Å²) in [7, 11) is 0. The normalized spacial score (nSPS) is 10.1. The molecule has 1 aromatic carbocycles. The third-order valence-corrected chi connectivity index (χ3v) is 2.69. The molecule has 16 heavy (non-hydrogen) atoms. The van der Waals surface area contributed by atoms with Gasteiger partial charge in [0, 0.05) is 5.56 Å². The summed E-state index contributed by atoms with van der Waals surface area (Å²) in [6.45, 7) is 2.88. The van der Waals surface area contributed by atoms with E-state index in [4.69, 9.17) is 16.3 Å². The lowest BCUT2D eigenvalue weighted by Crippen LogP contribution is -1.97. The van der Waals surface area contributed by atoms with Gasteiger partial charge in [0.1, 0.15) is 5.75 Å². The van der Waals surface area contributed by atoms with Crippen LogP contribution in [0.15, 0.2) is 18.2 Å². The van der Waals surface area contributed by atoms with Crippen molar-refractivity contribution in [1.82, 2.24) is 0 Å². The minimum atomic E-state index is 0.445. The number of hydrogen-bond acceptors (Lipinski definition) is 2. The Labute approximate surface area is 102 Å². The molecule has 0 aliphatic rings. The highest BCUT2D eigenvalue weighted by atomic mass is 35.5. The van der Waals surface area contributed by atoms with Crippen LogP contribution in [-0.2, 0) is 0 Å². The Morgan fingerprint density at radius 1 is 1.31 bits per heavy atom. The van der Waals surface area contributed by atoms with Crippen molar-refractivity contribution in [2.75, 3.05) is 6.61 Å². The molecule has 0 heterocycles. The predicted octanol–water partition coefficient (Wildman–Crippen LogP) is 4.11. The molecule has 0 aromatic heterocycles. The van der Waals surface area contributed by atoms with Crippen molar-refractivity contribution in [1.29, 1.82) is 0 Å². The molecule has 0 saturated heterocycles. The van der Waals surface area contributed by atoms with Crippen molar-refractivity contribution in [3.8, 4) is 5.75 Å². The molecule has 0 amide bonds. The topological polar surface area (TPSA) is 26.3 Å². The summed E-state index contributed by atoms with van der Waals surface area (Å²) in [5.74, 6) is 0.729. The van der Waals surface area contributed by atoms with Gasteiger partial charge in [-0.1, -0.05) is 37.8 Å². The molecule has 0 fully saturated rings. The Bertz CT molecular complexity index is 337. The summed E-state index contributed by atoms with van der Waals surface area (Å²) in [4.78, 5) is 10.5. The number of aldehydes is 1. The van der Waals surface area contributed by atoms with Crippen LogP contribution in [0.5, 0.6) is 5.75 Å². The second-order valence-corrected chi connectivity index (χ2v) is 4.12. The summed E-state index contributed by atoms with van der Waals surface area (Å²) < 4.78 is 5.53. The van der Waals surface area contributed by atoms with Crippen molar-refractivity contribution in [2.24, 2.45) is 0 Å². The maximum Gasteiger partial charge on any atom is 0.151 e. The molecule has 88 valence electrons. The van der Waals surface area contributed by atoms with E-state index >= 15 is 0 Å². The van der Waals surface area contributed by atoms with Gasteiger partial charge < -0.3 is 4.74 Å². The fourth-order valence-corrected chi connectivity index (χ4v) is 1.63. The average Bonchev–Trinajstić information content (AvgIpc) is 2.29. The van der Waals surface area contributed by atoms with Crippen molar-refractivity contribution >= 4 is 17.9 Å². The van der Waals surface area contributed by atoms with Crippen LogP contribution in [0, 0.1) is 0 Å². The van der Waals surface area contributed by atoms with Crippen molar-refractivity contribution in [3.05, 3.63) is 28.8 Å². The molecule has 1 rings (SSSR count). The summed E-state index contributed by atoms with van der Waals surface area (Å²) in [5, 5.41) is 0.445. The Kier molecular flexibility index (Phi) is 5.94. The highest BCUT2D eigenvalue weighted by molar-refractivity contribution is 6.33. The molecule has 2 nitrogen and oxygen atoms in total. The standard InChI is InChI=1S/C13H17ClO2/c1-2-3-4-5-8-16-12-7-6-11(10-15)13(14)9-12/h6-7,9-10H,2-5,8H2,1H3. The largest absolute Gasteiger partial charge is 0.494 e. The average molecular weight is 241 g/mol. The highest BCUT2D eigenvalue weighted by Gasteiger charge is 2.01. The van der Waals surface area contributed by atoms with Crippen LogP contribution in [0.3, 0.4) is 0 Å². The van der Waals surface area contributed by atoms with E-state index in [1.807, 2.05) is 0 Å². The van der Waals surface area contributed by atoms with Crippen molar-refractivity contribution < 1.29 is 9.53 Å².